The molecule has 1 aromatic rings. The average Bonchev–Trinajstić information content (AvgIpc) is 2.72. The number of hydrogen-bond acceptors (Lipinski definition) is 5. The van der Waals surface area contributed by atoms with Crippen LogP contribution in [0.5, 0.6) is 0 Å². The number of hydrogen-bond donors (Lipinski definition) is 3. The van der Waals surface area contributed by atoms with Crippen LogP contribution >= 0.6 is 0 Å². The fourth-order valence-electron chi connectivity index (χ4n) is 4.10. The third kappa shape index (κ3) is 5.66. The molecule has 2 saturated heterocycles. The van der Waals surface area contributed by atoms with Crippen molar-refractivity contribution >= 4 is 15.7 Å². The van der Waals surface area contributed by atoms with Gasteiger partial charge in [0.05, 0.1) is 18.1 Å². The second kappa shape index (κ2) is 10.1. The zero-order valence-corrected chi connectivity index (χ0v) is 19.6. The Balaban J connectivity index is 1.73. The Morgan fingerprint density at radius 1 is 1.29 bits per heavy atom. The number of piperidine rings is 1. The normalized spacial score (nSPS) is 20.9. The van der Waals surface area contributed by atoms with Gasteiger partial charge in [0, 0.05) is 11.7 Å². The van der Waals surface area contributed by atoms with Crippen LogP contribution in [-0.2, 0) is 14.8 Å². The Morgan fingerprint density at radius 2 is 2.00 bits per heavy atom. The first-order chi connectivity index (χ1) is 14.8. The predicted octanol–water partition coefficient (Wildman–Crippen LogP) is 3.53. The summed E-state index contributed by atoms with van der Waals surface area (Å²) >= 11 is 0. The highest BCUT2D eigenvalue weighted by Crippen LogP contribution is 2.32. The standard InChI is InChI=1S/C24H35N3O3S/c1-5-6-7-8-19(3)24(16-30-17-24)26-23-10-9-22(15-18(23)2)31(28,29)27-20(4)21-11-13-25-14-12-21/h5-10,15,20-21,25-27H,1,11-14,16-17H2,2-4H3/b7-6-,19-8+/t20-/m1/s1. The summed E-state index contributed by atoms with van der Waals surface area (Å²) in [4.78, 5) is 0.302. The summed E-state index contributed by atoms with van der Waals surface area (Å²) in [5.41, 5.74) is 2.68. The van der Waals surface area contributed by atoms with Crippen LogP contribution in [0.1, 0.15) is 32.3 Å². The van der Waals surface area contributed by atoms with Gasteiger partial charge in [-0.1, -0.05) is 30.9 Å². The molecule has 0 spiro atoms. The Bertz CT molecular complexity index is 943. The van der Waals surface area contributed by atoms with Crippen molar-refractivity contribution < 1.29 is 13.2 Å². The van der Waals surface area contributed by atoms with Gasteiger partial charge in [0.25, 0.3) is 0 Å². The van der Waals surface area contributed by atoms with Crippen molar-refractivity contribution in [3.8, 4) is 0 Å². The molecule has 1 atom stereocenters. The molecule has 0 radical (unpaired) electrons. The lowest BCUT2D eigenvalue weighted by Gasteiger charge is -2.44. The molecule has 3 rings (SSSR count). The second-order valence-electron chi connectivity index (χ2n) is 8.64. The van der Waals surface area contributed by atoms with Gasteiger partial charge in [-0.25, -0.2) is 13.1 Å². The molecule has 2 fully saturated rings. The predicted molar refractivity (Wildman–Crippen MR) is 127 cm³/mol. The van der Waals surface area contributed by atoms with Crippen LogP contribution in [0.2, 0.25) is 0 Å². The van der Waals surface area contributed by atoms with Crippen LogP contribution < -0.4 is 15.4 Å². The van der Waals surface area contributed by atoms with E-state index in [1.54, 1.807) is 18.2 Å². The van der Waals surface area contributed by atoms with E-state index < -0.39 is 10.0 Å². The maximum Gasteiger partial charge on any atom is 0.240 e. The number of aryl methyl sites for hydroxylation is 1. The van der Waals surface area contributed by atoms with Gasteiger partial charge in [0.2, 0.25) is 10.0 Å². The lowest BCUT2D eigenvalue weighted by atomic mass is 9.87. The first-order valence-corrected chi connectivity index (χ1v) is 12.4. The quantitative estimate of drug-likeness (QED) is 0.507. The summed E-state index contributed by atoms with van der Waals surface area (Å²) in [6.45, 7) is 12.7. The highest BCUT2D eigenvalue weighted by atomic mass is 32.2. The van der Waals surface area contributed by atoms with E-state index in [2.05, 4.69) is 34.9 Å². The maximum atomic E-state index is 13.0. The highest BCUT2D eigenvalue weighted by molar-refractivity contribution is 7.89. The van der Waals surface area contributed by atoms with Gasteiger partial charge in [-0.2, -0.15) is 0 Å². The van der Waals surface area contributed by atoms with Crippen molar-refractivity contribution in [3.05, 3.63) is 60.2 Å². The Kier molecular flexibility index (Phi) is 7.75. The van der Waals surface area contributed by atoms with Crippen LogP contribution in [0.25, 0.3) is 0 Å². The number of nitrogens with one attached hydrogen (secondary N) is 3. The smallest absolute Gasteiger partial charge is 0.240 e. The molecule has 2 aliphatic heterocycles. The van der Waals surface area contributed by atoms with E-state index in [1.165, 1.54) is 0 Å². The van der Waals surface area contributed by atoms with E-state index in [9.17, 15) is 8.42 Å². The molecule has 7 heteroatoms. The summed E-state index contributed by atoms with van der Waals surface area (Å²) in [6, 6.07) is 5.18. The topological polar surface area (TPSA) is 79.5 Å². The van der Waals surface area contributed by atoms with Gasteiger partial charge < -0.3 is 15.4 Å². The van der Waals surface area contributed by atoms with Crippen molar-refractivity contribution in [2.24, 2.45) is 5.92 Å². The lowest BCUT2D eigenvalue weighted by Crippen LogP contribution is -2.56. The van der Waals surface area contributed by atoms with Gasteiger partial charge in [-0.3, -0.25) is 0 Å². The molecule has 170 valence electrons. The zero-order valence-electron chi connectivity index (χ0n) is 18.8. The van der Waals surface area contributed by atoms with Gasteiger partial charge in [-0.15, -0.1) is 0 Å². The molecule has 31 heavy (non-hydrogen) atoms. The molecule has 2 aliphatic rings. The molecule has 0 unspecified atom stereocenters. The van der Waals surface area contributed by atoms with Crippen molar-refractivity contribution in [2.75, 3.05) is 31.6 Å². The fourth-order valence-corrected chi connectivity index (χ4v) is 5.49. The van der Waals surface area contributed by atoms with Crippen molar-refractivity contribution in [1.29, 1.82) is 0 Å². The van der Waals surface area contributed by atoms with Crippen molar-refractivity contribution in [2.45, 2.75) is 50.1 Å². The van der Waals surface area contributed by atoms with Crippen LogP contribution in [0.15, 0.2) is 59.6 Å². The maximum absolute atomic E-state index is 13.0. The van der Waals surface area contributed by atoms with E-state index in [0.29, 0.717) is 24.0 Å². The minimum atomic E-state index is -3.57. The number of ether oxygens (including phenoxy) is 1. The third-order valence-corrected chi connectivity index (χ3v) is 7.92. The van der Waals surface area contributed by atoms with Gasteiger partial charge >= 0.3 is 0 Å². The van der Waals surface area contributed by atoms with E-state index in [4.69, 9.17) is 4.74 Å². The molecule has 0 amide bonds. The molecule has 0 aromatic heterocycles. The molecular formula is C24H35N3O3S. The summed E-state index contributed by atoms with van der Waals surface area (Å²) in [7, 11) is -3.57. The number of sulfonamides is 1. The van der Waals surface area contributed by atoms with Gasteiger partial charge in [0.1, 0.15) is 5.54 Å². The Hall–Kier alpha value is -1.93. The second-order valence-corrected chi connectivity index (χ2v) is 10.4. The lowest BCUT2D eigenvalue weighted by molar-refractivity contribution is -0.0227. The van der Waals surface area contributed by atoms with Crippen LogP contribution in [-0.4, -0.2) is 46.3 Å². The first kappa shape index (κ1) is 23.7. The molecule has 0 aliphatic carbocycles. The van der Waals surface area contributed by atoms with Crippen molar-refractivity contribution in [1.82, 2.24) is 10.0 Å². The molecule has 0 bridgehead atoms. The third-order valence-electron chi connectivity index (χ3n) is 6.36. The number of anilines is 1. The minimum Gasteiger partial charge on any atom is -0.376 e. The molecule has 6 nitrogen and oxygen atoms in total. The molecule has 2 heterocycles. The first-order valence-electron chi connectivity index (χ1n) is 10.9. The minimum absolute atomic E-state index is 0.0861. The van der Waals surface area contributed by atoms with Crippen molar-refractivity contribution in [3.63, 3.8) is 0 Å². The largest absolute Gasteiger partial charge is 0.376 e. The molecular weight excluding hydrogens is 410 g/mol. The highest BCUT2D eigenvalue weighted by Gasteiger charge is 2.40. The van der Waals surface area contributed by atoms with Crippen LogP contribution in [0.4, 0.5) is 5.69 Å². The number of benzene rings is 1. The van der Waals surface area contributed by atoms with Crippen LogP contribution in [0, 0.1) is 12.8 Å². The fraction of sp³-hybridized carbons (Fsp3) is 0.500. The van der Waals surface area contributed by atoms with E-state index in [1.807, 2.05) is 32.1 Å². The van der Waals surface area contributed by atoms with Gasteiger partial charge in [-0.05, 0) is 82.0 Å². The molecule has 0 saturated carbocycles. The Morgan fingerprint density at radius 3 is 2.58 bits per heavy atom. The monoisotopic (exact) mass is 445 g/mol. The SMILES string of the molecule is C=C/C=C\C=C(/C)C1(Nc2ccc(S(=O)(=O)N[C@H](C)C3CCNCC3)cc2C)COC1. The molecule has 1 aromatic carbocycles. The summed E-state index contributed by atoms with van der Waals surface area (Å²) in [5.74, 6) is 0.362. The summed E-state index contributed by atoms with van der Waals surface area (Å²) < 4.78 is 34.3. The number of allylic oxidation sites excluding steroid dienone is 4. The van der Waals surface area contributed by atoms with E-state index in [0.717, 1.165) is 42.8 Å². The Labute approximate surface area is 186 Å². The summed E-state index contributed by atoms with van der Waals surface area (Å²) in [5, 5.41) is 6.91. The zero-order chi connectivity index (χ0) is 22.5. The molecule has 3 N–H and O–H groups in total. The van der Waals surface area contributed by atoms with Crippen LogP contribution in [0.3, 0.4) is 0 Å². The number of rotatable bonds is 9. The van der Waals surface area contributed by atoms with E-state index in [-0.39, 0.29) is 11.6 Å². The van der Waals surface area contributed by atoms with Gasteiger partial charge in [0.15, 0.2) is 0 Å². The summed E-state index contributed by atoms with van der Waals surface area (Å²) in [6.07, 6.45) is 9.62. The van der Waals surface area contributed by atoms with E-state index >= 15 is 0 Å². The average molecular weight is 446 g/mol.